The van der Waals surface area contributed by atoms with Crippen LogP contribution in [0.4, 0.5) is 0 Å². The van der Waals surface area contributed by atoms with Gasteiger partial charge in [-0.05, 0) is 48.6 Å². The number of halogens is 1. The molecule has 0 amide bonds. The first-order valence-electron chi connectivity index (χ1n) is 4.89. The first kappa shape index (κ1) is 10.2. The summed E-state index contributed by atoms with van der Waals surface area (Å²) in [6.45, 7) is 0. The highest BCUT2D eigenvalue weighted by Crippen LogP contribution is 2.25. The van der Waals surface area contributed by atoms with Crippen LogP contribution in [0, 0.1) is 0 Å². The summed E-state index contributed by atoms with van der Waals surface area (Å²) in [5.74, 6) is -0.821. The molecule has 0 saturated carbocycles. The molecule has 15 heavy (non-hydrogen) atoms. The van der Waals surface area contributed by atoms with Crippen LogP contribution in [0.15, 0.2) is 23.8 Å². The van der Waals surface area contributed by atoms with Gasteiger partial charge in [0.1, 0.15) is 0 Å². The van der Waals surface area contributed by atoms with Crippen LogP contribution in [0.3, 0.4) is 0 Å². The number of hydrogen-bond acceptors (Lipinski definition) is 1. The molecule has 1 aromatic carbocycles. The van der Waals surface area contributed by atoms with E-state index in [2.05, 4.69) is 0 Å². The Morgan fingerprint density at radius 2 is 2.13 bits per heavy atom. The average molecular weight is 223 g/mol. The minimum atomic E-state index is -0.821. The Morgan fingerprint density at radius 1 is 1.33 bits per heavy atom. The number of carboxylic acids is 1. The van der Waals surface area contributed by atoms with Crippen LogP contribution in [0.1, 0.15) is 24.0 Å². The molecule has 78 valence electrons. The van der Waals surface area contributed by atoms with Crippen LogP contribution in [0.5, 0.6) is 0 Å². The van der Waals surface area contributed by atoms with Crippen molar-refractivity contribution < 1.29 is 9.90 Å². The van der Waals surface area contributed by atoms with Gasteiger partial charge in [-0.15, -0.1) is 0 Å². The third kappa shape index (κ3) is 2.21. The minimum Gasteiger partial charge on any atom is -0.478 e. The van der Waals surface area contributed by atoms with Crippen molar-refractivity contribution in [2.45, 2.75) is 19.3 Å². The molecule has 0 spiro atoms. The summed E-state index contributed by atoms with van der Waals surface area (Å²) in [5.41, 5.74) is 2.60. The van der Waals surface area contributed by atoms with Gasteiger partial charge >= 0.3 is 5.97 Å². The van der Waals surface area contributed by atoms with Crippen molar-refractivity contribution in [1.82, 2.24) is 0 Å². The Morgan fingerprint density at radius 3 is 2.87 bits per heavy atom. The lowest BCUT2D eigenvalue weighted by molar-refractivity contribution is -0.132. The van der Waals surface area contributed by atoms with E-state index in [-0.39, 0.29) is 0 Å². The zero-order valence-corrected chi connectivity index (χ0v) is 8.92. The molecule has 3 heteroatoms. The fraction of sp³-hybridized carbons (Fsp3) is 0.250. The van der Waals surface area contributed by atoms with Crippen molar-refractivity contribution in [3.63, 3.8) is 0 Å². The van der Waals surface area contributed by atoms with Crippen LogP contribution in [0.2, 0.25) is 5.02 Å². The van der Waals surface area contributed by atoms with Crippen LogP contribution in [-0.4, -0.2) is 11.1 Å². The normalized spacial score (nSPS) is 15.1. The molecular formula is C12H11ClO2. The quantitative estimate of drug-likeness (QED) is 0.793. The first-order valence-corrected chi connectivity index (χ1v) is 5.27. The Kier molecular flexibility index (Phi) is 2.78. The summed E-state index contributed by atoms with van der Waals surface area (Å²) in [4.78, 5) is 10.9. The lowest BCUT2D eigenvalue weighted by Gasteiger charge is -2.02. The van der Waals surface area contributed by atoms with Crippen LogP contribution in [0.25, 0.3) is 6.08 Å². The van der Waals surface area contributed by atoms with Crippen molar-refractivity contribution in [2.75, 3.05) is 0 Å². The second-order valence-electron chi connectivity index (χ2n) is 3.67. The van der Waals surface area contributed by atoms with Gasteiger partial charge in [0.05, 0.1) is 0 Å². The summed E-state index contributed by atoms with van der Waals surface area (Å²) >= 11 is 5.89. The third-order valence-electron chi connectivity index (χ3n) is 2.60. The van der Waals surface area contributed by atoms with Crippen LogP contribution >= 0.6 is 11.6 Å². The van der Waals surface area contributed by atoms with Gasteiger partial charge in [-0.1, -0.05) is 17.7 Å². The highest BCUT2D eigenvalue weighted by molar-refractivity contribution is 6.30. The standard InChI is InChI=1S/C12H11ClO2/c13-11-5-4-9-6-10(12(14)15)3-1-2-8(9)7-11/h4-7H,1-3H2,(H,14,15). The number of aliphatic carboxylic acids is 1. The second kappa shape index (κ2) is 4.07. The summed E-state index contributed by atoms with van der Waals surface area (Å²) in [7, 11) is 0. The van der Waals surface area contributed by atoms with E-state index in [0.717, 1.165) is 24.0 Å². The number of rotatable bonds is 1. The molecule has 0 aromatic heterocycles. The number of hydrogen-bond donors (Lipinski definition) is 1. The van der Waals surface area contributed by atoms with Gasteiger partial charge < -0.3 is 5.11 Å². The van der Waals surface area contributed by atoms with E-state index in [1.54, 1.807) is 12.1 Å². The number of fused-ring (bicyclic) bond motifs is 1. The molecular weight excluding hydrogens is 212 g/mol. The van der Waals surface area contributed by atoms with E-state index < -0.39 is 5.97 Å². The summed E-state index contributed by atoms with van der Waals surface area (Å²) in [6.07, 6.45) is 4.14. The maximum Gasteiger partial charge on any atom is 0.331 e. The molecule has 2 rings (SSSR count). The molecule has 0 atom stereocenters. The first-order chi connectivity index (χ1) is 7.16. The van der Waals surface area contributed by atoms with Crippen molar-refractivity contribution in [1.29, 1.82) is 0 Å². The topological polar surface area (TPSA) is 37.3 Å². The number of carbonyl (C=O) groups is 1. The second-order valence-corrected chi connectivity index (χ2v) is 4.11. The Labute approximate surface area is 93.2 Å². The molecule has 0 radical (unpaired) electrons. The number of benzene rings is 1. The molecule has 1 aromatic rings. The van der Waals surface area contributed by atoms with Gasteiger partial charge in [-0.25, -0.2) is 4.79 Å². The molecule has 0 unspecified atom stereocenters. The smallest absolute Gasteiger partial charge is 0.331 e. The maximum absolute atomic E-state index is 10.9. The van der Waals surface area contributed by atoms with Crippen molar-refractivity contribution in [3.05, 3.63) is 39.9 Å². The van der Waals surface area contributed by atoms with Gasteiger partial charge in [-0.2, -0.15) is 0 Å². The van der Waals surface area contributed by atoms with Gasteiger partial charge in [0.15, 0.2) is 0 Å². The lowest BCUT2D eigenvalue weighted by Crippen LogP contribution is -1.99. The molecule has 0 fully saturated rings. The van der Waals surface area contributed by atoms with Gasteiger partial charge in [0, 0.05) is 10.6 Å². The minimum absolute atomic E-state index is 0.482. The predicted molar refractivity (Wildman–Crippen MR) is 60.0 cm³/mol. The zero-order chi connectivity index (χ0) is 10.8. The predicted octanol–water partition coefficient (Wildman–Crippen LogP) is 3.14. The monoisotopic (exact) mass is 222 g/mol. The Bertz CT molecular complexity index is 435. The van der Waals surface area contributed by atoms with Crippen LogP contribution < -0.4 is 0 Å². The molecule has 1 aliphatic carbocycles. The number of aryl methyl sites for hydroxylation is 1. The van der Waals surface area contributed by atoms with Gasteiger partial charge in [-0.3, -0.25) is 0 Å². The Hall–Kier alpha value is -1.28. The highest BCUT2D eigenvalue weighted by atomic mass is 35.5. The molecule has 0 heterocycles. The van der Waals surface area contributed by atoms with E-state index >= 15 is 0 Å². The summed E-state index contributed by atoms with van der Waals surface area (Å²) in [5, 5.41) is 9.66. The zero-order valence-electron chi connectivity index (χ0n) is 8.16. The molecule has 0 aliphatic heterocycles. The fourth-order valence-electron chi connectivity index (χ4n) is 1.83. The van der Waals surface area contributed by atoms with Gasteiger partial charge in [0.2, 0.25) is 0 Å². The van der Waals surface area contributed by atoms with E-state index in [0.29, 0.717) is 17.0 Å². The average Bonchev–Trinajstić information content (AvgIpc) is 2.39. The van der Waals surface area contributed by atoms with Crippen LogP contribution in [-0.2, 0) is 11.2 Å². The van der Waals surface area contributed by atoms with E-state index in [1.807, 2.05) is 12.1 Å². The van der Waals surface area contributed by atoms with Crippen molar-refractivity contribution in [2.24, 2.45) is 0 Å². The SMILES string of the molecule is O=C(O)C1=Cc2ccc(Cl)cc2CCC1. The lowest BCUT2D eigenvalue weighted by atomic mass is 10.0. The molecule has 1 aliphatic rings. The number of carboxylic acid groups (broad SMARTS) is 1. The fourth-order valence-corrected chi connectivity index (χ4v) is 2.02. The van der Waals surface area contributed by atoms with E-state index in [9.17, 15) is 4.79 Å². The molecule has 2 nitrogen and oxygen atoms in total. The summed E-state index contributed by atoms with van der Waals surface area (Å²) < 4.78 is 0. The van der Waals surface area contributed by atoms with Crippen molar-refractivity contribution in [3.8, 4) is 0 Å². The van der Waals surface area contributed by atoms with E-state index in [1.165, 1.54) is 0 Å². The largest absolute Gasteiger partial charge is 0.478 e. The van der Waals surface area contributed by atoms with Gasteiger partial charge in [0.25, 0.3) is 0 Å². The molecule has 0 bridgehead atoms. The third-order valence-corrected chi connectivity index (χ3v) is 2.84. The highest BCUT2D eigenvalue weighted by Gasteiger charge is 2.13. The molecule has 1 N–H and O–H groups in total. The summed E-state index contributed by atoms with van der Waals surface area (Å²) in [6, 6.07) is 5.59. The van der Waals surface area contributed by atoms with Crippen molar-refractivity contribution >= 4 is 23.6 Å². The Balaban J connectivity index is 2.46. The molecule has 0 saturated heterocycles. The maximum atomic E-state index is 10.9. The van der Waals surface area contributed by atoms with E-state index in [4.69, 9.17) is 16.7 Å².